The molecule has 0 atom stereocenters. The molecule has 1 aromatic heterocycles. The van der Waals surface area contributed by atoms with Crippen molar-refractivity contribution in [1.82, 2.24) is 9.88 Å². The lowest BCUT2D eigenvalue weighted by Crippen LogP contribution is -2.37. The third-order valence-corrected chi connectivity index (χ3v) is 7.68. The number of aromatic nitrogens is 1. The molecule has 1 amide bonds. The van der Waals surface area contributed by atoms with E-state index in [1.165, 1.54) is 16.9 Å². The minimum atomic E-state index is -0.128. The lowest BCUT2D eigenvalue weighted by atomic mass is 10.0. The van der Waals surface area contributed by atoms with Crippen molar-refractivity contribution in [1.29, 1.82) is 0 Å². The summed E-state index contributed by atoms with van der Waals surface area (Å²) in [5.74, 6) is 1.16. The molecule has 8 nitrogen and oxygen atoms in total. The number of carbonyl (C=O) groups excluding carboxylic acids is 1. The van der Waals surface area contributed by atoms with Crippen molar-refractivity contribution in [3.63, 3.8) is 0 Å². The zero-order valence-corrected chi connectivity index (χ0v) is 22.6. The second kappa shape index (κ2) is 11.4. The third kappa shape index (κ3) is 5.75. The Labute approximate surface area is 231 Å². The Bertz CT molecular complexity index is 1470. The predicted octanol–water partition coefficient (Wildman–Crippen LogP) is 5.58. The van der Waals surface area contributed by atoms with Crippen LogP contribution in [0.15, 0.2) is 65.5 Å². The summed E-state index contributed by atoms with van der Waals surface area (Å²) in [6.45, 7) is 4.88. The first-order chi connectivity index (χ1) is 19.2. The molecule has 2 aliphatic heterocycles. The number of thiazole rings is 1. The van der Waals surface area contributed by atoms with Gasteiger partial charge in [-0.05, 0) is 59.5 Å². The van der Waals surface area contributed by atoms with Crippen molar-refractivity contribution in [3.8, 4) is 22.6 Å². The number of carbonyl (C=O) groups is 1. The first kappa shape index (κ1) is 25.4. The molecule has 200 valence electrons. The monoisotopic (exact) mass is 542 g/mol. The molecule has 0 radical (unpaired) electrons. The molecule has 1 saturated heterocycles. The molecular formula is C30H30N4O4S. The minimum absolute atomic E-state index is 0.128. The van der Waals surface area contributed by atoms with Gasteiger partial charge in [0.2, 0.25) is 0 Å². The molecule has 1 fully saturated rings. The van der Waals surface area contributed by atoms with Crippen molar-refractivity contribution < 1.29 is 19.0 Å². The van der Waals surface area contributed by atoms with Crippen molar-refractivity contribution in [2.24, 2.45) is 0 Å². The van der Waals surface area contributed by atoms with Crippen LogP contribution >= 0.6 is 11.3 Å². The van der Waals surface area contributed by atoms with Gasteiger partial charge in [0.1, 0.15) is 6.61 Å². The Morgan fingerprint density at radius 3 is 2.62 bits per heavy atom. The van der Waals surface area contributed by atoms with Crippen molar-refractivity contribution in [3.05, 3.63) is 82.3 Å². The first-order valence-corrected chi connectivity index (χ1v) is 13.9. The van der Waals surface area contributed by atoms with Crippen molar-refractivity contribution >= 4 is 34.3 Å². The predicted molar refractivity (Wildman–Crippen MR) is 154 cm³/mol. The van der Waals surface area contributed by atoms with Gasteiger partial charge in [0, 0.05) is 25.0 Å². The van der Waals surface area contributed by atoms with Crippen molar-refractivity contribution in [2.75, 3.05) is 50.6 Å². The number of hydrogen-bond acceptors (Lipinski definition) is 8. The molecular weight excluding hydrogens is 512 g/mol. The minimum Gasteiger partial charge on any atom is -0.493 e. The highest BCUT2D eigenvalue weighted by molar-refractivity contribution is 7.07. The molecule has 0 aliphatic carbocycles. The molecule has 6 rings (SSSR count). The van der Waals surface area contributed by atoms with Crippen LogP contribution in [0.1, 0.15) is 21.6 Å². The van der Waals surface area contributed by atoms with Crippen LogP contribution in [0.4, 0.5) is 17.1 Å². The number of nitrogens with one attached hydrogen (secondary N) is 2. The van der Waals surface area contributed by atoms with E-state index < -0.39 is 0 Å². The molecule has 9 heteroatoms. The Morgan fingerprint density at radius 1 is 0.949 bits per heavy atom. The Hall–Kier alpha value is -3.92. The number of ether oxygens (including phenoxy) is 3. The van der Waals surface area contributed by atoms with Crippen LogP contribution in [0, 0.1) is 0 Å². The summed E-state index contributed by atoms with van der Waals surface area (Å²) >= 11 is 1.54. The number of amides is 1. The van der Waals surface area contributed by atoms with Gasteiger partial charge in [-0.15, -0.1) is 11.3 Å². The fraction of sp³-hybridized carbons (Fsp3) is 0.267. The normalized spacial score (nSPS) is 14.9. The molecule has 39 heavy (non-hydrogen) atoms. The van der Waals surface area contributed by atoms with Crippen LogP contribution in [0.2, 0.25) is 0 Å². The molecule has 4 aromatic rings. The Balaban J connectivity index is 1.20. The first-order valence-electron chi connectivity index (χ1n) is 13.0. The molecule has 2 aliphatic rings. The SMILES string of the molecule is COc1cc(-c2ccc3c(c2)Nc2ccc(CCN4CCOCC4)cc2NC3=O)ccc1OCc1cscn1. The lowest BCUT2D eigenvalue weighted by Gasteiger charge is -2.26. The van der Waals surface area contributed by atoms with E-state index in [1.54, 1.807) is 12.6 Å². The number of methoxy groups -OCH3 is 1. The quantitative estimate of drug-likeness (QED) is 0.301. The highest BCUT2D eigenvalue weighted by Gasteiger charge is 2.21. The summed E-state index contributed by atoms with van der Waals surface area (Å²) in [6.07, 6.45) is 0.922. The summed E-state index contributed by atoms with van der Waals surface area (Å²) < 4.78 is 17.0. The van der Waals surface area contributed by atoms with Gasteiger partial charge in [-0.2, -0.15) is 0 Å². The van der Waals surface area contributed by atoms with Crippen LogP contribution in [0.3, 0.4) is 0 Å². The smallest absolute Gasteiger partial charge is 0.257 e. The zero-order valence-electron chi connectivity index (χ0n) is 21.7. The average molecular weight is 543 g/mol. The highest BCUT2D eigenvalue weighted by atomic mass is 32.1. The van der Waals surface area contributed by atoms with Crippen LogP contribution in [0.5, 0.6) is 11.5 Å². The summed E-state index contributed by atoms with van der Waals surface area (Å²) in [4.78, 5) is 19.8. The van der Waals surface area contributed by atoms with Gasteiger partial charge in [-0.3, -0.25) is 9.69 Å². The maximum atomic E-state index is 13.1. The number of rotatable bonds is 8. The Morgan fingerprint density at radius 2 is 1.79 bits per heavy atom. The van der Waals surface area contributed by atoms with Gasteiger partial charge in [0.05, 0.1) is 54.2 Å². The van der Waals surface area contributed by atoms with Gasteiger partial charge in [-0.1, -0.05) is 18.2 Å². The number of anilines is 3. The van der Waals surface area contributed by atoms with E-state index in [2.05, 4.69) is 32.7 Å². The molecule has 0 bridgehead atoms. The second-order valence-corrected chi connectivity index (χ2v) is 10.3. The Kier molecular flexibility index (Phi) is 7.44. The number of benzene rings is 3. The van der Waals surface area contributed by atoms with E-state index in [-0.39, 0.29) is 5.91 Å². The molecule has 0 saturated carbocycles. The van der Waals surface area contributed by atoms with E-state index in [9.17, 15) is 4.79 Å². The molecule has 2 N–H and O–H groups in total. The van der Waals surface area contributed by atoms with Gasteiger partial charge < -0.3 is 24.8 Å². The second-order valence-electron chi connectivity index (χ2n) is 9.56. The van der Waals surface area contributed by atoms with Crippen LogP contribution in [-0.4, -0.2) is 55.7 Å². The lowest BCUT2D eigenvalue weighted by molar-refractivity contribution is 0.0384. The molecule has 3 heterocycles. The third-order valence-electron chi connectivity index (χ3n) is 7.04. The van der Waals surface area contributed by atoms with E-state index in [0.717, 1.165) is 73.2 Å². The number of hydrogen-bond donors (Lipinski definition) is 2. The zero-order chi connectivity index (χ0) is 26.6. The fourth-order valence-electron chi connectivity index (χ4n) is 4.86. The van der Waals surface area contributed by atoms with E-state index in [1.807, 2.05) is 47.8 Å². The summed E-state index contributed by atoms with van der Waals surface area (Å²) in [7, 11) is 1.63. The summed E-state index contributed by atoms with van der Waals surface area (Å²) in [5.41, 5.74) is 8.80. The van der Waals surface area contributed by atoms with E-state index >= 15 is 0 Å². The van der Waals surface area contributed by atoms with E-state index in [0.29, 0.717) is 23.7 Å². The van der Waals surface area contributed by atoms with Gasteiger partial charge in [-0.25, -0.2) is 4.98 Å². The molecule has 3 aromatic carbocycles. The van der Waals surface area contributed by atoms with Crippen LogP contribution in [0.25, 0.3) is 11.1 Å². The van der Waals surface area contributed by atoms with Crippen LogP contribution in [-0.2, 0) is 17.8 Å². The highest BCUT2D eigenvalue weighted by Crippen LogP contribution is 2.37. The summed E-state index contributed by atoms with van der Waals surface area (Å²) in [5, 5.41) is 8.53. The fourth-order valence-corrected chi connectivity index (χ4v) is 5.40. The molecule has 0 spiro atoms. The van der Waals surface area contributed by atoms with Crippen LogP contribution < -0.4 is 20.1 Å². The topological polar surface area (TPSA) is 85.0 Å². The largest absolute Gasteiger partial charge is 0.493 e. The van der Waals surface area contributed by atoms with Crippen molar-refractivity contribution in [2.45, 2.75) is 13.0 Å². The average Bonchev–Trinajstić information content (AvgIpc) is 3.45. The van der Waals surface area contributed by atoms with Gasteiger partial charge >= 0.3 is 0 Å². The van der Waals surface area contributed by atoms with Gasteiger partial charge in [0.25, 0.3) is 5.91 Å². The number of fused-ring (bicyclic) bond motifs is 2. The van der Waals surface area contributed by atoms with Gasteiger partial charge in [0.15, 0.2) is 11.5 Å². The standard InChI is InChI=1S/C30H30N4O4S/c1-36-29-16-22(4-7-28(29)38-17-23-18-39-19-31-23)21-3-5-24-26(15-21)32-25-6-2-20(14-27(25)33-30(24)35)8-9-34-10-12-37-13-11-34/h2-7,14-16,18-19,32H,8-13,17H2,1H3,(H,33,35). The maximum Gasteiger partial charge on any atom is 0.257 e. The maximum absolute atomic E-state index is 13.1. The van der Waals surface area contributed by atoms with E-state index in [4.69, 9.17) is 14.2 Å². The molecule has 0 unspecified atom stereocenters. The number of morpholine rings is 1. The number of nitrogens with zero attached hydrogens (tertiary/aromatic N) is 2. The summed E-state index contributed by atoms with van der Waals surface area (Å²) in [6, 6.07) is 17.9.